The Hall–Kier alpha value is -2.66. The summed E-state index contributed by atoms with van der Waals surface area (Å²) in [4.78, 5) is 11.2. The molecule has 0 spiro atoms. The molecule has 3 heterocycles. The van der Waals surface area contributed by atoms with Crippen molar-refractivity contribution >= 4 is 22.3 Å². The van der Waals surface area contributed by atoms with Crippen LogP contribution in [-0.4, -0.2) is 41.5 Å². The van der Waals surface area contributed by atoms with E-state index in [4.69, 9.17) is 0 Å². The van der Waals surface area contributed by atoms with Crippen molar-refractivity contribution in [2.75, 3.05) is 37.3 Å². The fourth-order valence-electron chi connectivity index (χ4n) is 3.84. The molecule has 1 aromatic carbocycles. The van der Waals surface area contributed by atoms with E-state index < -0.39 is 0 Å². The van der Waals surface area contributed by atoms with Crippen LogP contribution < -0.4 is 10.6 Å². The van der Waals surface area contributed by atoms with Gasteiger partial charge >= 0.3 is 0 Å². The van der Waals surface area contributed by atoms with Crippen molar-refractivity contribution in [2.45, 2.75) is 26.3 Å². The Labute approximate surface area is 167 Å². The average molecular weight is 376 g/mol. The number of hydrogen-bond acceptors (Lipinski definition) is 5. The molecule has 1 fully saturated rings. The van der Waals surface area contributed by atoms with Crippen molar-refractivity contribution in [3.05, 3.63) is 60.0 Å². The van der Waals surface area contributed by atoms with Gasteiger partial charge in [0.05, 0.1) is 0 Å². The van der Waals surface area contributed by atoms with Crippen molar-refractivity contribution in [2.24, 2.45) is 5.92 Å². The normalized spacial score (nSPS) is 15.6. The molecule has 0 atom stereocenters. The van der Waals surface area contributed by atoms with Crippen molar-refractivity contribution in [1.82, 2.24) is 14.9 Å². The third-order valence-electron chi connectivity index (χ3n) is 5.69. The number of anilines is 2. The van der Waals surface area contributed by atoms with Crippen LogP contribution >= 0.6 is 0 Å². The summed E-state index contributed by atoms with van der Waals surface area (Å²) in [5.74, 6) is 1.72. The van der Waals surface area contributed by atoms with Gasteiger partial charge in [0.25, 0.3) is 0 Å². The first-order valence-corrected chi connectivity index (χ1v) is 10.1. The lowest BCUT2D eigenvalue weighted by Crippen LogP contribution is -2.33. The van der Waals surface area contributed by atoms with Crippen molar-refractivity contribution < 1.29 is 0 Å². The Balaban J connectivity index is 1.31. The van der Waals surface area contributed by atoms with Gasteiger partial charge in [-0.05, 0) is 86.6 Å². The van der Waals surface area contributed by atoms with Gasteiger partial charge in [0.1, 0.15) is 5.82 Å². The molecule has 2 N–H and O–H groups in total. The molecule has 5 nitrogen and oxygen atoms in total. The molecule has 0 aliphatic carbocycles. The number of benzene rings is 1. The summed E-state index contributed by atoms with van der Waals surface area (Å²) in [5, 5.41) is 9.43. The van der Waals surface area contributed by atoms with E-state index in [9.17, 15) is 0 Å². The third kappa shape index (κ3) is 4.60. The summed E-state index contributed by atoms with van der Waals surface area (Å²) in [6.45, 7) is 6.31. The van der Waals surface area contributed by atoms with E-state index >= 15 is 0 Å². The minimum Gasteiger partial charge on any atom is -0.381 e. The first-order valence-electron chi connectivity index (χ1n) is 10.1. The molecule has 0 bridgehead atoms. The molecule has 28 heavy (non-hydrogen) atoms. The van der Waals surface area contributed by atoms with Gasteiger partial charge in [0.15, 0.2) is 0 Å². The van der Waals surface area contributed by atoms with E-state index in [2.05, 4.69) is 69.8 Å². The van der Waals surface area contributed by atoms with E-state index in [1.54, 1.807) is 0 Å². The second-order valence-electron chi connectivity index (χ2n) is 7.92. The molecule has 4 rings (SSSR count). The van der Waals surface area contributed by atoms with E-state index in [0.29, 0.717) is 0 Å². The van der Waals surface area contributed by atoms with Crippen LogP contribution in [0.5, 0.6) is 0 Å². The third-order valence-corrected chi connectivity index (χ3v) is 5.69. The molecular weight excluding hydrogens is 346 g/mol. The van der Waals surface area contributed by atoms with Crippen LogP contribution in [0.1, 0.15) is 24.0 Å². The van der Waals surface area contributed by atoms with Gasteiger partial charge in [-0.15, -0.1) is 0 Å². The first kappa shape index (κ1) is 18.7. The van der Waals surface area contributed by atoms with Crippen LogP contribution in [0.25, 0.3) is 10.8 Å². The quantitative estimate of drug-likeness (QED) is 0.673. The largest absolute Gasteiger partial charge is 0.381 e. The monoisotopic (exact) mass is 375 g/mol. The number of nitrogens with one attached hydrogen (secondary N) is 2. The number of rotatable bonds is 6. The van der Waals surface area contributed by atoms with Gasteiger partial charge in [-0.2, -0.15) is 0 Å². The SMILES string of the molecule is Cc1cc(NCc2ccc(NCC3CCN(C)CC3)nc2)cc2ccncc12. The number of aryl methyl sites for hydroxylation is 1. The second kappa shape index (κ2) is 8.57. The highest BCUT2D eigenvalue weighted by atomic mass is 15.1. The highest BCUT2D eigenvalue weighted by Crippen LogP contribution is 2.23. The second-order valence-corrected chi connectivity index (χ2v) is 7.92. The van der Waals surface area contributed by atoms with Crippen LogP contribution in [0, 0.1) is 12.8 Å². The van der Waals surface area contributed by atoms with Crippen LogP contribution in [0.4, 0.5) is 11.5 Å². The predicted octanol–water partition coefficient (Wildman–Crippen LogP) is 4.30. The molecular formula is C23H29N5. The fourth-order valence-corrected chi connectivity index (χ4v) is 3.84. The zero-order chi connectivity index (χ0) is 19.3. The minimum absolute atomic E-state index is 0.755. The number of hydrogen-bond donors (Lipinski definition) is 2. The van der Waals surface area contributed by atoms with Gasteiger partial charge < -0.3 is 15.5 Å². The van der Waals surface area contributed by atoms with E-state index in [1.807, 2.05) is 18.6 Å². The molecule has 2 aromatic heterocycles. The van der Waals surface area contributed by atoms with Crippen molar-refractivity contribution in [3.8, 4) is 0 Å². The maximum absolute atomic E-state index is 4.59. The van der Waals surface area contributed by atoms with Crippen LogP contribution in [0.15, 0.2) is 48.9 Å². The topological polar surface area (TPSA) is 53.1 Å². The maximum atomic E-state index is 4.59. The number of nitrogens with zero attached hydrogens (tertiary/aromatic N) is 3. The molecule has 5 heteroatoms. The summed E-state index contributed by atoms with van der Waals surface area (Å²) in [5.41, 5.74) is 3.54. The standard InChI is InChI=1S/C23H29N5/c1-17-11-21(12-20-5-8-24-16-22(17)20)25-14-19-3-4-23(27-15-19)26-13-18-6-9-28(2)10-7-18/h3-5,8,11-12,15-16,18,25H,6-7,9-10,13-14H2,1-2H3,(H,26,27). The molecule has 0 amide bonds. The van der Waals surface area contributed by atoms with E-state index in [-0.39, 0.29) is 0 Å². The van der Waals surface area contributed by atoms with E-state index in [1.165, 1.54) is 47.8 Å². The van der Waals surface area contributed by atoms with Gasteiger partial charge in [0, 0.05) is 42.8 Å². The highest BCUT2D eigenvalue weighted by molar-refractivity contribution is 5.88. The number of aromatic nitrogens is 2. The Morgan fingerprint density at radius 1 is 1.07 bits per heavy atom. The number of fused-ring (bicyclic) bond motifs is 1. The molecule has 0 radical (unpaired) electrons. The Morgan fingerprint density at radius 2 is 1.93 bits per heavy atom. The zero-order valence-corrected chi connectivity index (χ0v) is 16.8. The summed E-state index contributed by atoms with van der Waals surface area (Å²) < 4.78 is 0. The summed E-state index contributed by atoms with van der Waals surface area (Å²) in [6.07, 6.45) is 8.27. The fraction of sp³-hybridized carbons (Fsp3) is 0.391. The lowest BCUT2D eigenvalue weighted by Gasteiger charge is -2.29. The smallest absolute Gasteiger partial charge is 0.125 e. The number of pyridine rings is 2. The van der Waals surface area contributed by atoms with Crippen LogP contribution in [0.3, 0.4) is 0 Å². The zero-order valence-electron chi connectivity index (χ0n) is 16.8. The summed E-state index contributed by atoms with van der Waals surface area (Å²) in [6, 6.07) is 10.6. The molecule has 146 valence electrons. The lowest BCUT2D eigenvalue weighted by molar-refractivity contribution is 0.226. The van der Waals surface area contributed by atoms with Crippen molar-refractivity contribution in [1.29, 1.82) is 0 Å². The molecule has 1 saturated heterocycles. The molecule has 1 aliphatic rings. The Morgan fingerprint density at radius 3 is 2.71 bits per heavy atom. The van der Waals surface area contributed by atoms with Crippen molar-refractivity contribution in [3.63, 3.8) is 0 Å². The first-order chi connectivity index (χ1) is 13.7. The van der Waals surface area contributed by atoms with Gasteiger partial charge in [-0.3, -0.25) is 4.98 Å². The van der Waals surface area contributed by atoms with Gasteiger partial charge in [-0.25, -0.2) is 4.98 Å². The molecule has 3 aromatic rings. The van der Waals surface area contributed by atoms with E-state index in [0.717, 1.165) is 30.5 Å². The maximum Gasteiger partial charge on any atom is 0.125 e. The Kier molecular flexibility index (Phi) is 5.72. The number of piperidine rings is 1. The number of likely N-dealkylation sites (tertiary alicyclic amines) is 1. The average Bonchev–Trinajstić information content (AvgIpc) is 2.73. The van der Waals surface area contributed by atoms with Gasteiger partial charge in [0.2, 0.25) is 0 Å². The summed E-state index contributed by atoms with van der Waals surface area (Å²) in [7, 11) is 2.20. The summed E-state index contributed by atoms with van der Waals surface area (Å²) >= 11 is 0. The molecule has 1 aliphatic heterocycles. The predicted molar refractivity (Wildman–Crippen MR) is 117 cm³/mol. The Bertz CT molecular complexity index is 914. The van der Waals surface area contributed by atoms with Crippen LogP contribution in [-0.2, 0) is 6.54 Å². The molecule has 0 unspecified atom stereocenters. The molecule has 0 saturated carbocycles. The van der Waals surface area contributed by atoms with Crippen LogP contribution in [0.2, 0.25) is 0 Å². The van der Waals surface area contributed by atoms with Gasteiger partial charge in [-0.1, -0.05) is 6.07 Å². The highest BCUT2D eigenvalue weighted by Gasteiger charge is 2.16. The lowest BCUT2D eigenvalue weighted by atomic mass is 9.97. The minimum atomic E-state index is 0.755.